The standard InChI is InChI=1S/C56H39N/c1-38-33-42(39-17-5-2-6-18-39)29-32-55(38)57(46-35-43(40-19-7-3-8-20-40)34-44(36-46)41-21-9-4-10-22-41)45-30-31-50-49-25-13-16-28-53(49)56(54(50)37-45)51-26-14-11-23-47(51)48-24-12-15-27-52(48)56/h2-37H,1H3. The van der Waals surface area contributed by atoms with E-state index in [0.29, 0.717) is 0 Å². The first-order valence-corrected chi connectivity index (χ1v) is 19.8. The normalized spacial score (nSPS) is 12.8. The summed E-state index contributed by atoms with van der Waals surface area (Å²) in [4.78, 5) is 2.49. The van der Waals surface area contributed by atoms with Crippen LogP contribution in [0.3, 0.4) is 0 Å². The van der Waals surface area contributed by atoms with E-state index < -0.39 is 5.41 Å². The van der Waals surface area contributed by atoms with Crippen molar-refractivity contribution in [2.24, 2.45) is 0 Å². The van der Waals surface area contributed by atoms with E-state index in [9.17, 15) is 0 Å². The van der Waals surface area contributed by atoms with Crippen LogP contribution < -0.4 is 4.90 Å². The molecule has 9 aromatic carbocycles. The molecule has 2 aliphatic carbocycles. The Morgan fingerprint density at radius 1 is 0.298 bits per heavy atom. The van der Waals surface area contributed by atoms with Crippen LogP contribution in [0.25, 0.3) is 55.6 Å². The highest BCUT2D eigenvalue weighted by molar-refractivity contribution is 5.97. The Labute approximate surface area is 334 Å². The molecule has 0 saturated carbocycles. The van der Waals surface area contributed by atoms with Crippen molar-refractivity contribution in [3.8, 4) is 55.6 Å². The van der Waals surface area contributed by atoms with E-state index in [-0.39, 0.29) is 0 Å². The van der Waals surface area contributed by atoms with Crippen molar-refractivity contribution in [2.45, 2.75) is 12.3 Å². The van der Waals surface area contributed by atoms with Crippen molar-refractivity contribution in [3.05, 3.63) is 246 Å². The highest BCUT2D eigenvalue weighted by atomic mass is 15.1. The van der Waals surface area contributed by atoms with Gasteiger partial charge in [0.15, 0.2) is 0 Å². The summed E-state index contributed by atoms with van der Waals surface area (Å²) < 4.78 is 0. The number of hydrogen-bond donors (Lipinski definition) is 0. The van der Waals surface area contributed by atoms with Gasteiger partial charge in [0.05, 0.1) is 5.41 Å². The predicted molar refractivity (Wildman–Crippen MR) is 238 cm³/mol. The number of fused-ring (bicyclic) bond motifs is 10. The molecular formula is C56H39N. The Morgan fingerprint density at radius 3 is 1.23 bits per heavy atom. The van der Waals surface area contributed by atoms with Crippen LogP contribution in [-0.2, 0) is 5.41 Å². The molecule has 0 bridgehead atoms. The van der Waals surface area contributed by atoms with Gasteiger partial charge in [-0.1, -0.05) is 176 Å². The van der Waals surface area contributed by atoms with Crippen LogP contribution in [-0.4, -0.2) is 0 Å². The lowest BCUT2D eigenvalue weighted by atomic mass is 9.70. The minimum Gasteiger partial charge on any atom is -0.310 e. The highest BCUT2D eigenvalue weighted by Crippen LogP contribution is 2.63. The van der Waals surface area contributed by atoms with E-state index in [1.807, 2.05) is 0 Å². The van der Waals surface area contributed by atoms with Crippen molar-refractivity contribution in [1.29, 1.82) is 0 Å². The number of aryl methyl sites for hydroxylation is 1. The number of hydrogen-bond acceptors (Lipinski definition) is 1. The zero-order valence-electron chi connectivity index (χ0n) is 31.7. The third-order valence-corrected chi connectivity index (χ3v) is 12.2. The minimum absolute atomic E-state index is 0.436. The zero-order chi connectivity index (χ0) is 37.9. The monoisotopic (exact) mass is 725 g/mol. The maximum atomic E-state index is 2.50. The molecule has 11 rings (SSSR count). The Morgan fingerprint density at radius 2 is 0.737 bits per heavy atom. The number of anilines is 3. The van der Waals surface area contributed by atoms with Crippen LogP contribution in [0, 0.1) is 6.92 Å². The van der Waals surface area contributed by atoms with Crippen LogP contribution in [0.4, 0.5) is 17.1 Å². The molecule has 0 saturated heterocycles. The van der Waals surface area contributed by atoms with E-state index in [4.69, 9.17) is 0 Å². The summed E-state index contributed by atoms with van der Waals surface area (Å²) in [5.41, 5.74) is 21.9. The highest BCUT2D eigenvalue weighted by Gasteiger charge is 2.51. The zero-order valence-corrected chi connectivity index (χ0v) is 31.7. The first-order valence-electron chi connectivity index (χ1n) is 19.8. The van der Waals surface area contributed by atoms with Gasteiger partial charge in [-0.2, -0.15) is 0 Å². The average molecular weight is 726 g/mol. The first kappa shape index (κ1) is 33.1. The fourth-order valence-corrected chi connectivity index (χ4v) is 9.70. The predicted octanol–water partition coefficient (Wildman–Crippen LogP) is 14.8. The molecule has 0 atom stereocenters. The summed E-state index contributed by atoms with van der Waals surface area (Å²) in [5, 5.41) is 0. The van der Waals surface area contributed by atoms with Crippen molar-refractivity contribution in [1.82, 2.24) is 0 Å². The third-order valence-electron chi connectivity index (χ3n) is 12.2. The Hall–Kier alpha value is -7.22. The van der Waals surface area contributed by atoms with Crippen LogP contribution in [0.15, 0.2) is 218 Å². The quantitative estimate of drug-likeness (QED) is 0.165. The second-order valence-electron chi connectivity index (χ2n) is 15.3. The molecule has 0 unspecified atom stereocenters. The summed E-state index contributed by atoms with van der Waals surface area (Å²) in [6.07, 6.45) is 0. The average Bonchev–Trinajstić information content (AvgIpc) is 3.75. The molecule has 57 heavy (non-hydrogen) atoms. The fourth-order valence-electron chi connectivity index (χ4n) is 9.70. The van der Waals surface area contributed by atoms with E-state index in [2.05, 4.69) is 230 Å². The van der Waals surface area contributed by atoms with Gasteiger partial charge in [0.2, 0.25) is 0 Å². The molecular weight excluding hydrogens is 687 g/mol. The third kappa shape index (κ3) is 5.16. The Kier molecular flexibility index (Phi) is 7.69. The van der Waals surface area contributed by atoms with E-state index in [0.717, 1.165) is 17.1 Å². The summed E-state index contributed by atoms with van der Waals surface area (Å²) in [5.74, 6) is 0. The molecule has 1 nitrogen and oxygen atoms in total. The molecule has 268 valence electrons. The van der Waals surface area contributed by atoms with Gasteiger partial charge in [-0.25, -0.2) is 0 Å². The molecule has 0 N–H and O–H groups in total. The largest absolute Gasteiger partial charge is 0.310 e. The summed E-state index contributed by atoms with van der Waals surface area (Å²) in [6.45, 7) is 2.25. The van der Waals surface area contributed by atoms with Gasteiger partial charge in [0.1, 0.15) is 0 Å². The lowest BCUT2D eigenvalue weighted by molar-refractivity contribution is 0.793. The van der Waals surface area contributed by atoms with Crippen LogP contribution in [0.2, 0.25) is 0 Å². The van der Waals surface area contributed by atoms with Crippen molar-refractivity contribution < 1.29 is 0 Å². The van der Waals surface area contributed by atoms with Gasteiger partial charge in [-0.05, 0) is 133 Å². The van der Waals surface area contributed by atoms with Gasteiger partial charge in [-0.3, -0.25) is 0 Å². The van der Waals surface area contributed by atoms with Crippen molar-refractivity contribution in [3.63, 3.8) is 0 Å². The smallest absolute Gasteiger partial charge is 0.0726 e. The van der Waals surface area contributed by atoms with Gasteiger partial charge >= 0.3 is 0 Å². The fraction of sp³-hybridized carbons (Fsp3) is 0.0357. The molecule has 0 heterocycles. The Bertz CT molecular complexity index is 2840. The molecule has 2 aliphatic rings. The summed E-state index contributed by atoms with van der Waals surface area (Å²) >= 11 is 0. The van der Waals surface area contributed by atoms with Gasteiger partial charge in [0.25, 0.3) is 0 Å². The lowest BCUT2D eigenvalue weighted by Gasteiger charge is -2.33. The second kappa shape index (κ2) is 13.2. The van der Waals surface area contributed by atoms with Gasteiger partial charge < -0.3 is 4.90 Å². The van der Waals surface area contributed by atoms with Crippen molar-refractivity contribution in [2.75, 3.05) is 4.90 Å². The molecule has 9 aromatic rings. The van der Waals surface area contributed by atoms with E-state index in [1.54, 1.807) is 0 Å². The maximum absolute atomic E-state index is 2.50. The second-order valence-corrected chi connectivity index (χ2v) is 15.3. The van der Waals surface area contributed by atoms with Crippen molar-refractivity contribution >= 4 is 17.1 Å². The number of nitrogens with zero attached hydrogens (tertiary/aromatic N) is 1. The molecule has 0 amide bonds. The lowest BCUT2D eigenvalue weighted by Crippen LogP contribution is -2.26. The molecule has 0 radical (unpaired) electrons. The van der Waals surface area contributed by atoms with Gasteiger partial charge in [-0.15, -0.1) is 0 Å². The number of rotatable bonds is 6. The first-order chi connectivity index (χ1) is 28.2. The van der Waals surface area contributed by atoms with Crippen LogP contribution >= 0.6 is 0 Å². The summed E-state index contributed by atoms with van der Waals surface area (Å²) in [6, 6.07) is 80.6. The molecule has 1 heteroatoms. The van der Waals surface area contributed by atoms with Crippen LogP contribution in [0.1, 0.15) is 27.8 Å². The molecule has 0 aromatic heterocycles. The molecule has 1 spiro atoms. The summed E-state index contributed by atoms with van der Waals surface area (Å²) in [7, 11) is 0. The number of benzene rings is 9. The van der Waals surface area contributed by atoms with E-state index >= 15 is 0 Å². The topological polar surface area (TPSA) is 3.24 Å². The minimum atomic E-state index is -0.436. The van der Waals surface area contributed by atoms with Crippen LogP contribution in [0.5, 0.6) is 0 Å². The Balaban J connectivity index is 1.19. The maximum Gasteiger partial charge on any atom is 0.0726 e. The SMILES string of the molecule is Cc1cc(-c2ccccc2)ccc1N(c1cc(-c2ccccc2)cc(-c2ccccc2)c1)c1ccc2c(c1)C1(c3ccccc3-c3ccccc31)c1ccccc1-2. The van der Waals surface area contributed by atoms with E-state index in [1.165, 1.54) is 83.5 Å². The van der Waals surface area contributed by atoms with Gasteiger partial charge in [0, 0.05) is 17.1 Å². The molecule has 0 fully saturated rings. The molecule has 0 aliphatic heterocycles.